The second-order valence-corrected chi connectivity index (χ2v) is 3.92. The van der Waals surface area contributed by atoms with Gasteiger partial charge in [-0.25, -0.2) is 8.78 Å². The van der Waals surface area contributed by atoms with Gasteiger partial charge in [0.05, 0.1) is 0 Å². The molecule has 0 bridgehead atoms. The number of rotatable bonds is 3. The van der Waals surface area contributed by atoms with Gasteiger partial charge in [0.25, 0.3) is 0 Å². The van der Waals surface area contributed by atoms with Crippen molar-refractivity contribution < 1.29 is 8.78 Å². The van der Waals surface area contributed by atoms with Crippen LogP contribution >= 0.6 is 11.8 Å². The smallest absolute Gasteiger partial charge is 0.139 e. The van der Waals surface area contributed by atoms with Crippen LogP contribution in [-0.4, -0.2) is 11.8 Å². The summed E-state index contributed by atoms with van der Waals surface area (Å²) < 4.78 is 25.5. The second kappa shape index (κ2) is 4.58. The highest BCUT2D eigenvalue weighted by Gasteiger charge is 2.04. The molecule has 0 aliphatic rings. The Hall–Kier alpha value is -0.610. The molecule has 1 aromatic carbocycles. The van der Waals surface area contributed by atoms with Crippen LogP contribution in [0.15, 0.2) is 23.1 Å². The zero-order valence-corrected chi connectivity index (χ0v) is 8.07. The molecule has 0 aliphatic carbocycles. The lowest BCUT2D eigenvalue weighted by Gasteiger charge is -2.05. The van der Waals surface area contributed by atoms with Crippen molar-refractivity contribution in [3.63, 3.8) is 0 Å². The van der Waals surface area contributed by atoms with Crippen molar-refractivity contribution in [2.75, 3.05) is 5.75 Å². The molecule has 4 heteroatoms. The van der Waals surface area contributed by atoms with E-state index in [0.717, 1.165) is 6.07 Å². The van der Waals surface area contributed by atoms with Crippen molar-refractivity contribution in [2.45, 2.75) is 17.9 Å². The topological polar surface area (TPSA) is 26.0 Å². The van der Waals surface area contributed by atoms with Crippen molar-refractivity contribution in [3.8, 4) is 0 Å². The maximum atomic E-state index is 13.0. The largest absolute Gasteiger partial charge is 0.327 e. The molecule has 1 nitrogen and oxygen atoms in total. The van der Waals surface area contributed by atoms with Crippen LogP contribution in [-0.2, 0) is 0 Å². The zero-order chi connectivity index (χ0) is 9.84. The Morgan fingerprint density at radius 3 is 2.69 bits per heavy atom. The molecule has 0 aromatic heterocycles. The summed E-state index contributed by atoms with van der Waals surface area (Å²) in [5.41, 5.74) is 5.50. The number of thioether (sulfide) groups is 1. The molecule has 1 atom stereocenters. The number of nitrogens with two attached hydrogens (primary N) is 1. The molecule has 0 saturated carbocycles. The Morgan fingerprint density at radius 2 is 2.15 bits per heavy atom. The van der Waals surface area contributed by atoms with Gasteiger partial charge in [-0.2, -0.15) is 0 Å². The van der Waals surface area contributed by atoms with Gasteiger partial charge in [0.2, 0.25) is 0 Å². The van der Waals surface area contributed by atoms with Crippen molar-refractivity contribution in [2.24, 2.45) is 5.73 Å². The van der Waals surface area contributed by atoms with Crippen LogP contribution < -0.4 is 5.73 Å². The molecule has 1 unspecified atom stereocenters. The van der Waals surface area contributed by atoms with Crippen molar-refractivity contribution >= 4 is 11.8 Å². The van der Waals surface area contributed by atoms with E-state index < -0.39 is 11.6 Å². The lowest BCUT2D eigenvalue weighted by molar-refractivity contribution is 0.565. The third-order valence-electron chi connectivity index (χ3n) is 1.40. The summed E-state index contributed by atoms with van der Waals surface area (Å²) in [4.78, 5) is 0.443. The number of hydrogen-bond acceptors (Lipinski definition) is 2. The minimum atomic E-state index is -0.553. The van der Waals surface area contributed by atoms with Gasteiger partial charge in [0.1, 0.15) is 11.6 Å². The van der Waals surface area contributed by atoms with E-state index in [1.807, 2.05) is 6.92 Å². The lowest BCUT2D eigenvalue weighted by atomic mass is 10.3. The highest BCUT2D eigenvalue weighted by atomic mass is 32.2. The molecule has 0 aliphatic heterocycles. The summed E-state index contributed by atoms with van der Waals surface area (Å²) in [6.07, 6.45) is 0. The molecule has 0 spiro atoms. The van der Waals surface area contributed by atoms with E-state index in [1.54, 1.807) is 0 Å². The van der Waals surface area contributed by atoms with Gasteiger partial charge in [-0.05, 0) is 19.1 Å². The summed E-state index contributed by atoms with van der Waals surface area (Å²) in [5.74, 6) is -0.448. The second-order valence-electron chi connectivity index (χ2n) is 2.86. The lowest BCUT2D eigenvalue weighted by Crippen LogP contribution is -2.17. The van der Waals surface area contributed by atoms with E-state index in [2.05, 4.69) is 0 Å². The van der Waals surface area contributed by atoms with E-state index in [4.69, 9.17) is 5.73 Å². The SMILES string of the molecule is CC(N)CSc1ccc(F)cc1F. The van der Waals surface area contributed by atoms with Crippen molar-refractivity contribution in [1.29, 1.82) is 0 Å². The molecular formula is C9H11F2NS. The first-order chi connectivity index (χ1) is 6.09. The number of hydrogen-bond donors (Lipinski definition) is 1. The van der Waals surface area contributed by atoms with Crippen LogP contribution in [0.5, 0.6) is 0 Å². The Labute approximate surface area is 80.3 Å². The minimum absolute atomic E-state index is 0.00875. The third-order valence-corrected chi connectivity index (χ3v) is 2.73. The Kier molecular flexibility index (Phi) is 3.69. The predicted octanol–water partition coefficient (Wildman–Crippen LogP) is 2.40. The van der Waals surface area contributed by atoms with Crippen LogP contribution in [0.3, 0.4) is 0 Å². The van der Waals surface area contributed by atoms with Crippen LogP contribution in [0.4, 0.5) is 8.78 Å². The number of halogens is 2. The highest BCUT2D eigenvalue weighted by Crippen LogP contribution is 2.22. The molecule has 0 amide bonds. The van der Waals surface area contributed by atoms with E-state index >= 15 is 0 Å². The summed E-state index contributed by atoms with van der Waals surface area (Å²) in [7, 11) is 0. The molecule has 0 radical (unpaired) electrons. The Bertz CT molecular complexity index is 289. The van der Waals surface area contributed by atoms with Crippen LogP contribution in [0.25, 0.3) is 0 Å². The molecule has 1 aromatic rings. The van der Waals surface area contributed by atoms with Gasteiger partial charge in [-0.15, -0.1) is 11.8 Å². The summed E-state index contributed by atoms with van der Waals surface area (Å²) in [5, 5.41) is 0. The Balaban J connectivity index is 2.67. The standard InChI is InChI=1S/C9H11F2NS/c1-6(12)5-13-9-3-2-7(10)4-8(9)11/h2-4,6H,5,12H2,1H3. The molecule has 13 heavy (non-hydrogen) atoms. The first-order valence-corrected chi connectivity index (χ1v) is 4.91. The van der Waals surface area contributed by atoms with E-state index in [9.17, 15) is 8.78 Å². The maximum Gasteiger partial charge on any atom is 0.139 e. The quantitative estimate of drug-likeness (QED) is 0.763. The van der Waals surface area contributed by atoms with Gasteiger partial charge >= 0.3 is 0 Å². The third kappa shape index (κ3) is 3.32. The van der Waals surface area contributed by atoms with E-state index in [0.29, 0.717) is 10.6 Å². The number of benzene rings is 1. The minimum Gasteiger partial charge on any atom is -0.327 e. The predicted molar refractivity (Wildman–Crippen MR) is 50.7 cm³/mol. The zero-order valence-electron chi connectivity index (χ0n) is 7.26. The maximum absolute atomic E-state index is 13.0. The molecule has 72 valence electrons. The normalized spacial score (nSPS) is 12.9. The average molecular weight is 203 g/mol. The first kappa shape index (κ1) is 10.5. The van der Waals surface area contributed by atoms with Gasteiger partial charge < -0.3 is 5.73 Å². The monoisotopic (exact) mass is 203 g/mol. The molecule has 1 rings (SSSR count). The summed E-state index contributed by atoms with van der Waals surface area (Å²) >= 11 is 1.30. The molecular weight excluding hydrogens is 192 g/mol. The van der Waals surface area contributed by atoms with E-state index in [1.165, 1.54) is 23.9 Å². The van der Waals surface area contributed by atoms with Gasteiger partial charge in [0.15, 0.2) is 0 Å². The molecule has 0 fully saturated rings. The van der Waals surface area contributed by atoms with Crippen LogP contribution in [0.1, 0.15) is 6.92 Å². The van der Waals surface area contributed by atoms with Gasteiger partial charge in [0, 0.05) is 22.8 Å². The van der Waals surface area contributed by atoms with Crippen LogP contribution in [0.2, 0.25) is 0 Å². The summed E-state index contributed by atoms with van der Waals surface area (Å²) in [6.45, 7) is 1.84. The average Bonchev–Trinajstić information content (AvgIpc) is 2.02. The first-order valence-electron chi connectivity index (χ1n) is 3.93. The van der Waals surface area contributed by atoms with E-state index in [-0.39, 0.29) is 6.04 Å². The molecule has 2 N–H and O–H groups in total. The van der Waals surface area contributed by atoms with Crippen molar-refractivity contribution in [1.82, 2.24) is 0 Å². The highest BCUT2D eigenvalue weighted by molar-refractivity contribution is 7.99. The molecule has 0 heterocycles. The van der Waals surface area contributed by atoms with Gasteiger partial charge in [-0.1, -0.05) is 0 Å². The fourth-order valence-corrected chi connectivity index (χ4v) is 1.62. The van der Waals surface area contributed by atoms with Crippen LogP contribution in [0, 0.1) is 11.6 Å². The fraction of sp³-hybridized carbons (Fsp3) is 0.333. The van der Waals surface area contributed by atoms with Gasteiger partial charge in [-0.3, -0.25) is 0 Å². The Morgan fingerprint density at radius 1 is 1.46 bits per heavy atom. The molecule has 0 saturated heterocycles. The summed E-state index contributed by atoms with van der Waals surface area (Å²) in [6, 6.07) is 3.56. The fourth-order valence-electron chi connectivity index (χ4n) is 0.813. The van der Waals surface area contributed by atoms with Crippen molar-refractivity contribution in [3.05, 3.63) is 29.8 Å².